The summed E-state index contributed by atoms with van der Waals surface area (Å²) in [6, 6.07) is 7.81. The molecule has 2 aromatic rings. The number of nitrogens with zero attached hydrogens (tertiary/aromatic N) is 1. The second-order valence-corrected chi connectivity index (χ2v) is 3.24. The van der Waals surface area contributed by atoms with E-state index in [0.29, 0.717) is 5.69 Å². The number of aryl methyl sites for hydroxylation is 1. The Bertz CT molecular complexity index is 511. The van der Waals surface area contributed by atoms with Gasteiger partial charge >= 0.3 is 5.63 Å². The number of aromatic amines is 1. The lowest BCUT2D eigenvalue weighted by molar-refractivity contribution is -0.676. The minimum atomic E-state index is -0.341. The fourth-order valence-corrected chi connectivity index (χ4v) is 1.33. The van der Waals surface area contributed by atoms with E-state index in [1.165, 1.54) is 0 Å². The van der Waals surface area contributed by atoms with Gasteiger partial charge in [-0.05, 0) is 22.4 Å². The Morgan fingerprint density at radius 2 is 2.14 bits per heavy atom. The Morgan fingerprint density at radius 1 is 1.36 bits per heavy atom. The van der Waals surface area contributed by atoms with Crippen LogP contribution in [0, 0.1) is 13.8 Å². The van der Waals surface area contributed by atoms with Crippen LogP contribution in [0.1, 0.15) is 11.3 Å². The molecular formula is C10H11N2O2+. The zero-order chi connectivity index (χ0) is 10.1. The molecule has 0 saturated carbocycles. The van der Waals surface area contributed by atoms with Crippen LogP contribution in [-0.2, 0) is 0 Å². The number of hydrogen-bond acceptors (Lipinski definition) is 2. The molecule has 0 amide bonds. The second kappa shape index (κ2) is 3.14. The fraction of sp³-hybridized carbons (Fsp3) is 0.200. The van der Waals surface area contributed by atoms with Gasteiger partial charge in [-0.2, -0.15) is 0 Å². The molecule has 0 aliphatic rings. The van der Waals surface area contributed by atoms with E-state index in [1.807, 2.05) is 31.2 Å². The second-order valence-electron chi connectivity index (χ2n) is 3.24. The number of aromatic nitrogens is 2. The van der Waals surface area contributed by atoms with E-state index in [2.05, 4.69) is 9.79 Å². The van der Waals surface area contributed by atoms with Crippen molar-refractivity contribution in [2.75, 3.05) is 0 Å². The maximum atomic E-state index is 11.1. The molecule has 0 aliphatic carbocycles. The molecular weight excluding hydrogens is 180 g/mol. The summed E-state index contributed by atoms with van der Waals surface area (Å²) in [6.07, 6.45) is 0. The molecule has 0 fully saturated rings. The normalized spacial score (nSPS) is 10.4. The number of rotatable bonds is 1. The van der Waals surface area contributed by atoms with Gasteiger partial charge < -0.3 is 0 Å². The molecule has 0 bridgehead atoms. The molecule has 1 aromatic carbocycles. The van der Waals surface area contributed by atoms with Gasteiger partial charge in [-0.15, -0.1) is 0 Å². The van der Waals surface area contributed by atoms with Crippen LogP contribution in [0.2, 0.25) is 0 Å². The van der Waals surface area contributed by atoms with Crippen molar-refractivity contribution in [1.82, 2.24) is 5.27 Å². The van der Waals surface area contributed by atoms with Crippen LogP contribution in [0.4, 0.5) is 0 Å². The molecule has 14 heavy (non-hydrogen) atoms. The lowest BCUT2D eigenvalue weighted by atomic mass is 10.2. The third kappa shape index (κ3) is 1.35. The Kier molecular flexibility index (Phi) is 1.96. The van der Waals surface area contributed by atoms with Crippen molar-refractivity contribution in [2.45, 2.75) is 13.8 Å². The summed E-state index contributed by atoms with van der Waals surface area (Å²) in [6.45, 7) is 3.71. The van der Waals surface area contributed by atoms with Crippen LogP contribution in [0.15, 0.2) is 33.6 Å². The summed E-state index contributed by atoms with van der Waals surface area (Å²) in [5.74, 6) is 0. The molecule has 1 heterocycles. The van der Waals surface area contributed by atoms with Crippen LogP contribution in [0.5, 0.6) is 0 Å². The number of hydrogen-bond donors (Lipinski definition) is 1. The number of H-pyrrole nitrogens is 1. The van der Waals surface area contributed by atoms with Gasteiger partial charge in [-0.25, -0.2) is 4.79 Å². The van der Waals surface area contributed by atoms with Crippen molar-refractivity contribution in [2.24, 2.45) is 0 Å². The van der Waals surface area contributed by atoms with E-state index in [1.54, 1.807) is 11.6 Å². The van der Waals surface area contributed by atoms with Gasteiger partial charge in [0.25, 0.3) is 5.69 Å². The highest BCUT2D eigenvalue weighted by Crippen LogP contribution is 2.02. The monoisotopic (exact) mass is 191 g/mol. The van der Waals surface area contributed by atoms with E-state index >= 15 is 0 Å². The van der Waals surface area contributed by atoms with Crippen LogP contribution in [-0.4, -0.2) is 5.27 Å². The quantitative estimate of drug-likeness (QED) is 0.680. The molecule has 4 nitrogen and oxygen atoms in total. The van der Waals surface area contributed by atoms with Gasteiger partial charge in [-0.1, -0.05) is 12.1 Å². The first-order valence-electron chi connectivity index (χ1n) is 4.35. The zero-order valence-electron chi connectivity index (χ0n) is 8.07. The van der Waals surface area contributed by atoms with Crippen LogP contribution >= 0.6 is 0 Å². The molecule has 0 aliphatic heterocycles. The molecule has 0 atom stereocenters. The molecule has 72 valence electrons. The lowest BCUT2D eigenvalue weighted by Crippen LogP contribution is -2.36. The smallest absolute Gasteiger partial charge is 0.283 e. The predicted octanol–water partition coefficient (Wildman–Crippen LogP) is 0.861. The Hall–Kier alpha value is -1.84. The summed E-state index contributed by atoms with van der Waals surface area (Å²) < 4.78 is 6.29. The zero-order valence-corrected chi connectivity index (χ0v) is 8.07. The largest absolute Gasteiger partial charge is 0.430 e. The fourth-order valence-electron chi connectivity index (χ4n) is 1.33. The third-order valence-corrected chi connectivity index (χ3v) is 2.12. The van der Waals surface area contributed by atoms with Crippen molar-refractivity contribution in [1.29, 1.82) is 0 Å². The van der Waals surface area contributed by atoms with E-state index in [-0.39, 0.29) is 5.63 Å². The minimum absolute atomic E-state index is 0.341. The molecule has 0 spiro atoms. The van der Waals surface area contributed by atoms with Gasteiger partial charge in [0.1, 0.15) is 0 Å². The van der Waals surface area contributed by atoms with E-state index in [0.717, 1.165) is 11.3 Å². The van der Waals surface area contributed by atoms with Crippen molar-refractivity contribution in [3.8, 4) is 5.69 Å². The number of nitrogens with one attached hydrogen (secondary N) is 1. The summed E-state index contributed by atoms with van der Waals surface area (Å²) in [5.41, 5.74) is 2.23. The molecule has 1 N–H and O–H groups in total. The van der Waals surface area contributed by atoms with Crippen molar-refractivity contribution < 1.29 is 9.20 Å². The van der Waals surface area contributed by atoms with Crippen LogP contribution in [0.3, 0.4) is 0 Å². The lowest BCUT2D eigenvalue weighted by Gasteiger charge is -1.92. The minimum Gasteiger partial charge on any atom is -0.283 e. The Labute approximate surface area is 80.7 Å². The van der Waals surface area contributed by atoms with Gasteiger partial charge in [0, 0.05) is 19.1 Å². The maximum Gasteiger partial charge on any atom is 0.430 e. The first-order chi connectivity index (χ1) is 6.68. The van der Waals surface area contributed by atoms with E-state index in [9.17, 15) is 4.79 Å². The summed E-state index contributed by atoms with van der Waals surface area (Å²) in [7, 11) is 0. The van der Waals surface area contributed by atoms with Crippen molar-refractivity contribution in [3.63, 3.8) is 0 Å². The maximum absolute atomic E-state index is 11.1. The first kappa shape index (κ1) is 8.74. The van der Waals surface area contributed by atoms with Crippen LogP contribution in [0.25, 0.3) is 5.69 Å². The average Bonchev–Trinajstić information content (AvgIpc) is 2.48. The highest BCUT2D eigenvalue weighted by Gasteiger charge is 2.17. The summed E-state index contributed by atoms with van der Waals surface area (Å²) in [4.78, 5) is 11.1. The standard InChI is InChI=1S/C10H10N2O2/c1-7-4-3-5-9(6-7)12-8(2)10(13)14-11-12/h3-6H,1-2H3/p+1. The molecule has 0 radical (unpaired) electrons. The Morgan fingerprint density at radius 3 is 2.71 bits per heavy atom. The van der Waals surface area contributed by atoms with Crippen molar-refractivity contribution in [3.05, 3.63) is 45.9 Å². The van der Waals surface area contributed by atoms with E-state index in [4.69, 9.17) is 0 Å². The van der Waals surface area contributed by atoms with Gasteiger partial charge in [-0.3, -0.25) is 4.52 Å². The van der Waals surface area contributed by atoms with Crippen molar-refractivity contribution >= 4 is 0 Å². The average molecular weight is 191 g/mol. The number of benzene rings is 1. The first-order valence-corrected chi connectivity index (χ1v) is 4.35. The molecule has 0 saturated heterocycles. The molecule has 2 rings (SSSR count). The van der Waals surface area contributed by atoms with Gasteiger partial charge in [0.15, 0.2) is 0 Å². The SMILES string of the molecule is Cc1cccc(-[n+]2[nH]oc(=O)c2C)c1. The molecule has 1 aromatic heterocycles. The highest BCUT2D eigenvalue weighted by molar-refractivity contribution is 5.27. The van der Waals surface area contributed by atoms with E-state index < -0.39 is 0 Å². The summed E-state index contributed by atoms with van der Waals surface area (Å²) >= 11 is 0. The predicted molar refractivity (Wildman–Crippen MR) is 50.3 cm³/mol. The van der Waals surface area contributed by atoms with Crippen LogP contribution < -0.4 is 10.3 Å². The summed E-state index contributed by atoms with van der Waals surface area (Å²) in [5, 5.41) is 2.55. The molecule has 0 unspecified atom stereocenters. The Balaban J connectivity index is 2.60. The topological polar surface area (TPSA) is 49.9 Å². The molecule has 4 heteroatoms. The van der Waals surface area contributed by atoms with Gasteiger partial charge in [0.2, 0.25) is 5.69 Å². The third-order valence-electron chi connectivity index (χ3n) is 2.12. The highest BCUT2D eigenvalue weighted by atomic mass is 16.5. The van der Waals surface area contributed by atoms with Gasteiger partial charge in [0.05, 0.1) is 0 Å².